The van der Waals surface area contributed by atoms with Crippen LogP contribution in [0.2, 0.25) is 0 Å². The number of carbonyl (C=O) groups is 1. The van der Waals surface area contributed by atoms with Crippen molar-refractivity contribution in [3.05, 3.63) is 0 Å². The lowest BCUT2D eigenvalue weighted by molar-refractivity contribution is -0.130. The highest BCUT2D eigenvalue weighted by Gasteiger charge is 2.30. The molecule has 2 heterocycles. The molecule has 2 aliphatic rings. The summed E-state index contributed by atoms with van der Waals surface area (Å²) in [6, 6.07) is 0.625. The molecule has 122 valence electrons. The van der Waals surface area contributed by atoms with Crippen LogP contribution in [0.15, 0.2) is 0 Å². The Morgan fingerprint density at radius 1 is 1.19 bits per heavy atom. The molecule has 0 aromatic carbocycles. The van der Waals surface area contributed by atoms with Crippen molar-refractivity contribution in [3.63, 3.8) is 0 Å². The summed E-state index contributed by atoms with van der Waals surface area (Å²) < 4.78 is 0. The number of carbonyl (C=O) groups excluding carboxylic acids is 1. The van der Waals surface area contributed by atoms with E-state index in [1.54, 1.807) is 0 Å². The largest absolute Gasteiger partial charge is 0.341 e. The number of nitrogens with zero attached hydrogens (tertiary/aromatic N) is 2. The first-order chi connectivity index (χ1) is 10.2. The summed E-state index contributed by atoms with van der Waals surface area (Å²) in [5, 5.41) is 0. The second-order valence-corrected chi connectivity index (χ2v) is 6.77. The molecular weight excluding hydrogens is 262 g/mol. The van der Waals surface area contributed by atoms with Crippen LogP contribution in [0.4, 0.5) is 0 Å². The predicted octanol–water partition coefficient (Wildman–Crippen LogP) is 2.23. The highest BCUT2D eigenvalue weighted by atomic mass is 16.2. The van der Waals surface area contributed by atoms with Gasteiger partial charge in [-0.05, 0) is 57.7 Å². The average Bonchev–Trinajstić information content (AvgIpc) is 3.02. The first-order valence-corrected chi connectivity index (χ1v) is 8.96. The Labute approximate surface area is 130 Å². The van der Waals surface area contributed by atoms with Crippen molar-refractivity contribution in [1.82, 2.24) is 9.80 Å². The zero-order valence-corrected chi connectivity index (χ0v) is 13.7. The van der Waals surface area contributed by atoms with Crippen molar-refractivity contribution in [2.75, 3.05) is 32.7 Å². The third-order valence-corrected chi connectivity index (χ3v) is 5.34. The van der Waals surface area contributed by atoms with Gasteiger partial charge in [-0.3, -0.25) is 9.69 Å². The molecule has 0 spiro atoms. The molecule has 2 fully saturated rings. The van der Waals surface area contributed by atoms with E-state index in [1.165, 1.54) is 38.8 Å². The predicted molar refractivity (Wildman–Crippen MR) is 87.1 cm³/mol. The Hall–Kier alpha value is -0.610. The second kappa shape index (κ2) is 8.74. The van der Waals surface area contributed by atoms with Gasteiger partial charge in [0.25, 0.3) is 0 Å². The van der Waals surface area contributed by atoms with Crippen molar-refractivity contribution in [2.24, 2.45) is 11.7 Å². The molecule has 2 unspecified atom stereocenters. The molecule has 0 aromatic rings. The zero-order chi connectivity index (χ0) is 15.1. The van der Waals surface area contributed by atoms with E-state index < -0.39 is 0 Å². The van der Waals surface area contributed by atoms with E-state index in [-0.39, 0.29) is 0 Å². The lowest BCUT2D eigenvalue weighted by Gasteiger charge is -2.32. The van der Waals surface area contributed by atoms with Gasteiger partial charge in [0, 0.05) is 25.6 Å². The summed E-state index contributed by atoms with van der Waals surface area (Å²) >= 11 is 0. The summed E-state index contributed by atoms with van der Waals surface area (Å²) in [7, 11) is 0. The fourth-order valence-electron chi connectivity index (χ4n) is 3.82. The monoisotopic (exact) mass is 295 g/mol. The molecule has 4 heteroatoms. The van der Waals surface area contributed by atoms with Crippen molar-refractivity contribution in [3.8, 4) is 0 Å². The Bertz CT molecular complexity index is 315. The van der Waals surface area contributed by atoms with Crippen molar-refractivity contribution >= 4 is 5.91 Å². The van der Waals surface area contributed by atoms with Crippen LogP contribution in [-0.4, -0.2) is 54.5 Å². The standard InChI is InChI=1S/C17H33N3O/c1-2-15(8-10-18)6-7-17(21)20-13-9-16(14-20)19-11-4-3-5-12-19/h15-16H,2-14,18H2,1H3. The van der Waals surface area contributed by atoms with Crippen LogP contribution in [0.3, 0.4) is 0 Å². The number of piperidine rings is 1. The van der Waals surface area contributed by atoms with Crippen LogP contribution >= 0.6 is 0 Å². The van der Waals surface area contributed by atoms with E-state index in [0.29, 0.717) is 24.3 Å². The molecule has 0 aromatic heterocycles. The van der Waals surface area contributed by atoms with Gasteiger partial charge in [-0.1, -0.05) is 19.8 Å². The van der Waals surface area contributed by atoms with Crippen LogP contribution in [0.25, 0.3) is 0 Å². The third kappa shape index (κ3) is 4.96. The molecule has 0 radical (unpaired) electrons. The molecular formula is C17H33N3O. The normalized spacial score (nSPS) is 25.2. The fraction of sp³-hybridized carbons (Fsp3) is 0.941. The molecule has 2 saturated heterocycles. The number of likely N-dealkylation sites (tertiary alicyclic amines) is 2. The maximum Gasteiger partial charge on any atom is 0.222 e. The van der Waals surface area contributed by atoms with Gasteiger partial charge in [-0.15, -0.1) is 0 Å². The first-order valence-electron chi connectivity index (χ1n) is 8.96. The minimum absolute atomic E-state index is 0.366. The fourth-order valence-corrected chi connectivity index (χ4v) is 3.82. The van der Waals surface area contributed by atoms with Crippen LogP contribution in [-0.2, 0) is 4.79 Å². The average molecular weight is 295 g/mol. The van der Waals surface area contributed by atoms with Crippen LogP contribution < -0.4 is 5.73 Å². The Morgan fingerprint density at radius 2 is 1.95 bits per heavy atom. The summed E-state index contributed by atoms with van der Waals surface area (Å²) in [6.07, 6.45) is 9.14. The van der Waals surface area contributed by atoms with Gasteiger partial charge in [0.15, 0.2) is 0 Å². The number of nitrogens with two attached hydrogens (primary N) is 1. The molecule has 2 rings (SSSR count). The van der Waals surface area contributed by atoms with Gasteiger partial charge in [0.2, 0.25) is 5.91 Å². The highest BCUT2D eigenvalue weighted by Crippen LogP contribution is 2.22. The van der Waals surface area contributed by atoms with Crippen molar-refractivity contribution in [2.45, 2.75) is 64.3 Å². The summed E-state index contributed by atoms with van der Waals surface area (Å²) in [5.74, 6) is 0.990. The number of hydrogen-bond donors (Lipinski definition) is 1. The molecule has 4 nitrogen and oxygen atoms in total. The van der Waals surface area contributed by atoms with Gasteiger partial charge < -0.3 is 10.6 Å². The smallest absolute Gasteiger partial charge is 0.222 e. The van der Waals surface area contributed by atoms with E-state index in [0.717, 1.165) is 38.9 Å². The Kier molecular flexibility index (Phi) is 6.97. The van der Waals surface area contributed by atoms with E-state index in [9.17, 15) is 4.79 Å². The van der Waals surface area contributed by atoms with E-state index >= 15 is 0 Å². The van der Waals surface area contributed by atoms with Gasteiger partial charge >= 0.3 is 0 Å². The summed E-state index contributed by atoms with van der Waals surface area (Å²) in [4.78, 5) is 17.1. The Morgan fingerprint density at radius 3 is 2.62 bits per heavy atom. The lowest BCUT2D eigenvalue weighted by atomic mass is 9.96. The van der Waals surface area contributed by atoms with Gasteiger partial charge in [-0.25, -0.2) is 0 Å². The number of hydrogen-bond acceptors (Lipinski definition) is 3. The number of amides is 1. The quantitative estimate of drug-likeness (QED) is 0.783. The third-order valence-electron chi connectivity index (χ3n) is 5.34. The molecule has 0 bridgehead atoms. The van der Waals surface area contributed by atoms with Gasteiger partial charge in [-0.2, -0.15) is 0 Å². The first kappa shape index (κ1) is 16.8. The summed E-state index contributed by atoms with van der Waals surface area (Å²) in [5.41, 5.74) is 5.63. The zero-order valence-electron chi connectivity index (χ0n) is 13.7. The second-order valence-electron chi connectivity index (χ2n) is 6.77. The van der Waals surface area contributed by atoms with Crippen molar-refractivity contribution in [1.29, 1.82) is 0 Å². The highest BCUT2D eigenvalue weighted by molar-refractivity contribution is 5.76. The molecule has 2 aliphatic heterocycles. The molecule has 2 N–H and O–H groups in total. The minimum Gasteiger partial charge on any atom is -0.341 e. The molecule has 21 heavy (non-hydrogen) atoms. The SMILES string of the molecule is CCC(CCN)CCC(=O)N1CCC(N2CCCCC2)C1. The number of rotatable bonds is 7. The minimum atomic E-state index is 0.366. The molecule has 2 atom stereocenters. The Balaban J connectivity index is 1.71. The maximum atomic E-state index is 12.4. The summed E-state index contributed by atoms with van der Waals surface area (Å²) in [6.45, 7) is 7.35. The topological polar surface area (TPSA) is 49.6 Å². The lowest BCUT2D eigenvalue weighted by Crippen LogP contribution is -2.41. The van der Waals surface area contributed by atoms with Crippen LogP contribution in [0.5, 0.6) is 0 Å². The van der Waals surface area contributed by atoms with Crippen LogP contribution in [0.1, 0.15) is 58.3 Å². The van der Waals surface area contributed by atoms with E-state index in [1.807, 2.05) is 0 Å². The van der Waals surface area contributed by atoms with Gasteiger partial charge in [0.1, 0.15) is 0 Å². The van der Waals surface area contributed by atoms with Gasteiger partial charge in [0.05, 0.1) is 0 Å². The van der Waals surface area contributed by atoms with Crippen molar-refractivity contribution < 1.29 is 4.79 Å². The molecule has 1 amide bonds. The maximum absolute atomic E-state index is 12.4. The molecule has 0 aliphatic carbocycles. The van der Waals surface area contributed by atoms with Crippen LogP contribution in [0, 0.1) is 5.92 Å². The van der Waals surface area contributed by atoms with E-state index in [2.05, 4.69) is 16.7 Å². The molecule has 0 saturated carbocycles. The van der Waals surface area contributed by atoms with E-state index in [4.69, 9.17) is 5.73 Å².